The summed E-state index contributed by atoms with van der Waals surface area (Å²) in [6.07, 6.45) is 4.43. The Labute approximate surface area is 142 Å². The second-order valence-corrected chi connectivity index (χ2v) is 8.08. The predicted octanol–water partition coefficient (Wildman–Crippen LogP) is 1.25. The van der Waals surface area contributed by atoms with Crippen LogP contribution in [0.2, 0.25) is 0 Å². The molecule has 4 saturated heterocycles. The zero-order valence-corrected chi connectivity index (χ0v) is 14.4. The molecule has 0 radical (unpaired) electrons. The van der Waals surface area contributed by atoms with Gasteiger partial charge in [0.05, 0.1) is 17.9 Å². The fourth-order valence-electron chi connectivity index (χ4n) is 5.35. The van der Waals surface area contributed by atoms with E-state index in [0.717, 1.165) is 45.1 Å². The normalized spacial score (nSPS) is 49.1. The number of aliphatic hydroxyl groups excluding tert-OH is 1. The van der Waals surface area contributed by atoms with Crippen molar-refractivity contribution in [1.29, 1.82) is 0 Å². The summed E-state index contributed by atoms with van der Waals surface area (Å²) in [7, 11) is 0. The van der Waals surface area contributed by atoms with Crippen molar-refractivity contribution in [2.45, 2.75) is 82.3 Å². The minimum Gasteiger partial charge on any atom is -0.460 e. The lowest BCUT2D eigenvalue weighted by Gasteiger charge is -2.41. The van der Waals surface area contributed by atoms with E-state index in [-0.39, 0.29) is 36.0 Å². The summed E-state index contributed by atoms with van der Waals surface area (Å²) in [4.78, 5) is 26.3. The number of cyclic esters (lactones) is 1. The van der Waals surface area contributed by atoms with Crippen LogP contribution in [-0.2, 0) is 19.1 Å². The van der Waals surface area contributed by atoms with Crippen molar-refractivity contribution in [2.24, 2.45) is 11.8 Å². The molecule has 7 atom stereocenters. The number of carbonyl (C=O) groups is 2. The highest BCUT2D eigenvalue weighted by Gasteiger charge is 2.62. The summed E-state index contributed by atoms with van der Waals surface area (Å²) in [5, 5.41) is 10.8. The van der Waals surface area contributed by atoms with Crippen LogP contribution in [0.1, 0.15) is 52.4 Å². The van der Waals surface area contributed by atoms with Gasteiger partial charge in [-0.3, -0.25) is 14.5 Å². The minimum absolute atomic E-state index is 0.0310. The van der Waals surface area contributed by atoms with Crippen LogP contribution in [0.5, 0.6) is 0 Å². The van der Waals surface area contributed by atoms with Crippen LogP contribution in [0, 0.1) is 11.8 Å². The van der Waals surface area contributed by atoms with Crippen molar-refractivity contribution in [3.05, 3.63) is 0 Å². The van der Waals surface area contributed by atoms with E-state index in [4.69, 9.17) is 9.47 Å². The van der Waals surface area contributed by atoms with Gasteiger partial charge in [-0.15, -0.1) is 0 Å². The number of fused-ring (bicyclic) bond motifs is 2. The van der Waals surface area contributed by atoms with Gasteiger partial charge in [0.15, 0.2) is 5.60 Å². The molecular weight excluding hydrogens is 310 g/mol. The van der Waals surface area contributed by atoms with Crippen LogP contribution in [0.4, 0.5) is 0 Å². The van der Waals surface area contributed by atoms with E-state index in [2.05, 4.69) is 4.90 Å². The number of hydrogen-bond acceptors (Lipinski definition) is 6. The van der Waals surface area contributed by atoms with Crippen LogP contribution in [0.3, 0.4) is 0 Å². The highest BCUT2D eigenvalue weighted by Crippen LogP contribution is 2.48. The molecule has 4 aliphatic rings. The zero-order valence-electron chi connectivity index (χ0n) is 14.4. The predicted molar refractivity (Wildman–Crippen MR) is 85.0 cm³/mol. The molecule has 6 nitrogen and oxygen atoms in total. The highest BCUT2D eigenvalue weighted by molar-refractivity contribution is 5.76. The summed E-state index contributed by atoms with van der Waals surface area (Å²) >= 11 is 0. The monoisotopic (exact) mass is 337 g/mol. The van der Waals surface area contributed by atoms with Crippen molar-refractivity contribution >= 4 is 11.9 Å². The lowest BCUT2D eigenvalue weighted by Crippen LogP contribution is -2.57. The Morgan fingerprint density at radius 1 is 1.17 bits per heavy atom. The van der Waals surface area contributed by atoms with Gasteiger partial charge in [-0.05, 0) is 52.0 Å². The molecule has 0 saturated carbocycles. The maximum Gasteiger partial charge on any atom is 0.312 e. The Hall–Kier alpha value is -1.14. The first-order valence-corrected chi connectivity index (χ1v) is 9.31. The summed E-state index contributed by atoms with van der Waals surface area (Å²) in [5.74, 6) is -0.888. The zero-order chi connectivity index (χ0) is 17.1. The van der Waals surface area contributed by atoms with Crippen LogP contribution in [0.25, 0.3) is 0 Å². The van der Waals surface area contributed by atoms with Gasteiger partial charge in [-0.25, -0.2) is 0 Å². The molecule has 134 valence electrons. The molecule has 0 unspecified atom stereocenters. The molecule has 0 aromatic rings. The SMILES string of the molecule is C[C@H]1C[C@@H]([C@@H]2CC[C@@H]3N2CCCC[C@]32OC(=O)[C@H](C)[C@H]2O)OC1=O. The Bertz CT molecular complexity index is 552. The lowest BCUT2D eigenvalue weighted by molar-refractivity contribution is -0.160. The van der Waals surface area contributed by atoms with E-state index in [0.29, 0.717) is 0 Å². The standard InChI is InChI=1S/C18H27NO5/c1-10-9-13(23-16(10)21)12-5-6-14-18(7-3-4-8-19(12)14)15(20)11(2)17(22)24-18/h10-15,20H,3-9H2,1-2H3/t10-,11+,12-,13-,14-,15+,18-/m0/s1. The number of esters is 2. The van der Waals surface area contributed by atoms with Gasteiger partial charge in [0.1, 0.15) is 12.2 Å². The fraction of sp³-hybridized carbons (Fsp3) is 0.889. The first kappa shape index (κ1) is 16.3. The molecule has 0 amide bonds. The number of ether oxygens (including phenoxy) is 2. The Morgan fingerprint density at radius 2 is 1.96 bits per heavy atom. The number of carbonyl (C=O) groups excluding carboxylic acids is 2. The second kappa shape index (κ2) is 5.70. The van der Waals surface area contributed by atoms with Crippen LogP contribution >= 0.6 is 0 Å². The van der Waals surface area contributed by atoms with Gasteiger partial charge in [-0.2, -0.15) is 0 Å². The van der Waals surface area contributed by atoms with Gasteiger partial charge in [0.2, 0.25) is 0 Å². The molecule has 0 aromatic carbocycles. The first-order valence-electron chi connectivity index (χ1n) is 9.31. The van der Waals surface area contributed by atoms with Gasteiger partial charge >= 0.3 is 11.9 Å². The van der Waals surface area contributed by atoms with Crippen LogP contribution < -0.4 is 0 Å². The average molecular weight is 337 g/mol. The van der Waals surface area contributed by atoms with Crippen molar-refractivity contribution in [1.82, 2.24) is 4.90 Å². The molecule has 0 aliphatic carbocycles. The Kier molecular flexibility index (Phi) is 3.88. The second-order valence-electron chi connectivity index (χ2n) is 8.08. The van der Waals surface area contributed by atoms with E-state index in [1.165, 1.54) is 0 Å². The third-order valence-corrected chi connectivity index (χ3v) is 6.68. The smallest absolute Gasteiger partial charge is 0.312 e. The first-order chi connectivity index (χ1) is 11.4. The molecule has 4 rings (SSSR count). The maximum atomic E-state index is 12.1. The number of nitrogens with zero attached hydrogens (tertiary/aromatic N) is 1. The van der Waals surface area contributed by atoms with Crippen LogP contribution in [-0.4, -0.2) is 58.4 Å². The van der Waals surface area contributed by atoms with Gasteiger partial charge in [0.25, 0.3) is 0 Å². The molecule has 4 fully saturated rings. The molecular formula is C18H27NO5. The topological polar surface area (TPSA) is 76.1 Å². The maximum absolute atomic E-state index is 12.1. The van der Waals surface area contributed by atoms with Gasteiger partial charge in [0, 0.05) is 6.04 Å². The highest BCUT2D eigenvalue weighted by atomic mass is 16.6. The molecule has 4 aliphatic heterocycles. The molecule has 0 aromatic heterocycles. The Morgan fingerprint density at radius 3 is 2.58 bits per heavy atom. The van der Waals surface area contributed by atoms with E-state index in [1.807, 2.05) is 6.92 Å². The van der Waals surface area contributed by atoms with Gasteiger partial charge in [-0.1, -0.05) is 6.92 Å². The summed E-state index contributed by atoms with van der Waals surface area (Å²) in [5.41, 5.74) is -0.782. The summed E-state index contributed by atoms with van der Waals surface area (Å²) in [6.45, 7) is 4.59. The largest absolute Gasteiger partial charge is 0.460 e. The minimum atomic E-state index is -0.782. The van der Waals surface area contributed by atoms with E-state index in [9.17, 15) is 14.7 Å². The summed E-state index contributed by atoms with van der Waals surface area (Å²) in [6, 6.07) is 0.212. The average Bonchev–Trinajstić information content (AvgIpc) is 3.13. The van der Waals surface area contributed by atoms with Crippen molar-refractivity contribution in [3.63, 3.8) is 0 Å². The number of rotatable bonds is 1. The van der Waals surface area contributed by atoms with E-state index in [1.54, 1.807) is 6.92 Å². The van der Waals surface area contributed by atoms with Crippen molar-refractivity contribution in [3.8, 4) is 0 Å². The molecule has 0 bridgehead atoms. The number of hydrogen-bond donors (Lipinski definition) is 1. The third kappa shape index (κ3) is 2.22. The Balaban J connectivity index is 1.61. The van der Waals surface area contributed by atoms with Gasteiger partial charge < -0.3 is 14.6 Å². The summed E-state index contributed by atoms with van der Waals surface area (Å²) < 4.78 is 11.4. The third-order valence-electron chi connectivity index (χ3n) is 6.68. The van der Waals surface area contributed by atoms with Crippen LogP contribution in [0.15, 0.2) is 0 Å². The van der Waals surface area contributed by atoms with E-state index < -0.39 is 17.6 Å². The molecule has 6 heteroatoms. The fourth-order valence-corrected chi connectivity index (χ4v) is 5.35. The number of aliphatic hydroxyl groups is 1. The molecule has 24 heavy (non-hydrogen) atoms. The molecule has 1 N–H and O–H groups in total. The van der Waals surface area contributed by atoms with Crippen molar-refractivity contribution in [2.75, 3.05) is 6.54 Å². The molecule has 1 spiro atoms. The quantitative estimate of drug-likeness (QED) is 0.726. The van der Waals surface area contributed by atoms with E-state index >= 15 is 0 Å². The molecule has 4 heterocycles. The van der Waals surface area contributed by atoms with Crippen molar-refractivity contribution < 1.29 is 24.2 Å². The lowest BCUT2D eigenvalue weighted by atomic mass is 9.80.